The van der Waals surface area contributed by atoms with Crippen LogP contribution in [0.5, 0.6) is 0 Å². The lowest BCUT2D eigenvalue weighted by atomic mass is 10.3. The van der Waals surface area contributed by atoms with Crippen LogP contribution >= 0.6 is 0 Å². The summed E-state index contributed by atoms with van der Waals surface area (Å²) in [6.45, 7) is 5.46. The second-order valence-electron chi connectivity index (χ2n) is 3.91. The van der Waals surface area contributed by atoms with Crippen LogP contribution in [0.4, 0.5) is 0 Å². The van der Waals surface area contributed by atoms with Crippen molar-refractivity contribution in [1.82, 2.24) is 10.2 Å². The molecule has 1 heterocycles. The SMILES string of the molecule is CN(C)CCNCCOC1CCOC1. The van der Waals surface area contributed by atoms with Crippen LogP contribution < -0.4 is 5.32 Å². The summed E-state index contributed by atoms with van der Waals surface area (Å²) in [5.74, 6) is 0. The summed E-state index contributed by atoms with van der Waals surface area (Å²) >= 11 is 0. The lowest BCUT2D eigenvalue weighted by Gasteiger charge is -2.12. The molecule has 1 aliphatic rings. The van der Waals surface area contributed by atoms with Gasteiger partial charge in [0.1, 0.15) is 0 Å². The first-order valence-corrected chi connectivity index (χ1v) is 5.34. The van der Waals surface area contributed by atoms with Gasteiger partial charge in [-0.05, 0) is 20.5 Å². The first-order valence-electron chi connectivity index (χ1n) is 5.34. The zero-order valence-corrected chi connectivity index (χ0v) is 9.29. The van der Waals surface area contributed by atoms with Crippen LogP contribution in [0, 0.1) is 0 Å². The molecule has 14 heavy (non-hydrogen) atoms. The van der Waals surface area contributed by atoms with E-state index in [4.69, 9.17) is 9.47 Å². The van der Waals surface area contributed by atoms with E-state index in [1.165, 1.54) is 0 Å². The lowest BCUT2D eigenvalue weighted by Crippen LogP contribution is -2.30. The van der Waals surface area contributed by atoms with Gasteiger partial charge in [0.2, 0.25) is 0 Å². The summed E-state index contributed by atoms with van der Waals surface area (Å²) in [6.07, 6.45) is 1.39. The standard InChI is InChI=1S/C10H22N2O2/c1-12(2)6-4-11-5-8-14-10-3-7-13-9-10/h10-11H,3-9H2,1-2H3. The zero-order chi connectivity index (χ0) is 10.2. The number of likely N-dealkylation sites (N-methyl/N-ethyl adjacent to an activating group) is 1. The van der Waals surface area contributed by atoms with Crippen molar-refractivity contribution in [2.24, 2.45) is 0 Å². The van der Waals surface area contributed by atoms with E-state index in [-0.39, 0.29) is 0 Å². The molecule has 4 nitrogen and oxygen atoms in total. The van der Waals surface area contributed by atoms with Crippen LogP contribution in [-0.2, 0) is 9.47 Å². The molecular formula is C10H22N2O2. The smallest absolute Gasteiger partial charge is 0.0831 e. The van der Waals surface area contributed by atoms with Gasteiger partial charge in [-0.3, -0.25) is 0 Å². The van der Waals surface area contributed by atoms with Crippen molar-refractivity contribution in [2.75, 3.05) is 53.6 Å². The topological polar surface area (TPSA) is 33.7 Å². The van der Waals surface area contributed by atoms with Crippen molar-refractivity contribution in [3.05, 3.63) is 0 Å². The summed E-state index contributed by atoms with van der Waals surface area (Å²) < 4.78 is 10.8. The van der Waals surface area contributed by atoms with Crippen LogP contribution in [0.25, 0.3) is 0 Å². The Morgan fingerprint density at radius 2 is 2.29 bits per heavy atom. The van der Waals surface area contributed by atoms with Crippen molar-refractivity contribution in [1.29, 1.82) is 0 Å². The first kappa shape index (κ1) is 11.9. The van der Waals surface area contributed by atoms with Crippen LogP contribution in [0.3, 0.4) is 0 Å². The molecule has 1 atom stereocenters. The molecule has 0 saturated carbocycles. The normalized spacial score (nSPS) is 22.1. The van der Waals surface area contributed by atoms with Gasteiger partial charge < -0.3 is 19.7 Å². The fourth-order valence-electron chi connectivity index (χ4n) is 1.37. The Labute approximate surface area is 86.6 Å². The molecule has 1 saturated heterocycles. The van der Waals surface area contributed by atoms with E-state index in [1.807, 2.05) is 0 Å². The predicted molar refractivity (Wildman–Crippen MR) is 56.6 cm³/mol. The van der Waals surface area contributed by atoms with Gasteiger partial charge in [-0.2, -0.15) is 0 Å². The second kappa shape index (κ2) is 7.17. The number of hydrogen-bond acceptors (Lipinski definition) is 4. The molecule has 1 unspecified atom stereocenters. The van der Waals surface area contributed by atoms with Crippen molar-refractivity contribution in [3.63, 3.8) is 0 Å². The summed E-state index contributed by atoms with van der Waals surface area (Å²) in [7, 11) is 4.15. The van der Waals surface area contributed by atoms with E-state index in [1.54, 1.807) is 0 Å². The molecule has 0 aromatic rings. The average Bonchev–Trinajstić information content (AvgIpc) is 2.63. The maximum Gasteiger partial charge on any atom is 0.0831 e. The Bertz CT molecular complexity index is 136. The minimum atomic E-state index is 0.339. The lowest BCUT2D eigenvalue weighted by molar-refractivity contribution is 0.0445. The molecule has 4 heteroatoms. The quantitative estimate of drug-likeness (QED) is 0.587. The molecule has 0 aromatic carbocycles. The van der Waals surface area contributed by atoms with Gasteiger partial charge in [0, 0.05) is 26.2 Å². The van der Waals surface area contributed by atoms with Gasteiger partial charge >= 0.3 is 0 Å². The Balaban J connectivity index is 1.79. The zero-order valence-electron chi connectivity index (χ0n) is 9.29. The van der Waals surface area contributed by atoms with Gasteiger partial charge in [-0.25, -0.2) is 0 Å². The summed E-state index contributed by atoms with van der Waals surface area (Å²) in [5, 5.41) is 3.33. The minimum Gasteiger partial charge on any atom is -0.379 e. The Kier molecular flexibility index (Phi) is 6.10. The van der Waals surface area contributed by atoms with E-state index >= 15 is 0 Å². The Hall–Kier alpha value is -0.160. The van der Waals surface area contributed by atoms with Gasteiger partial charge in [-0.1, -0.05) is 0 Å². The largest absolute Gasteiger partial charge is 0.379 e. The van der Waals surface area contributed by atoms with Gasteiger partial charge in [-0.15, -0.1) is 0 Å². The van der Waals surface area contributed by atoms with Crippen LogP contribution in [0.1, 0.15) is 6.42 Å². The monoisotopic (exact) mass is 202 g/mol. The predicted octanol–water partition coefficient (Wildman–Crippen LogP) is -0.0569. The molecular weight excluding hydrogens is 180 g/mol. The van der Waals surface area contributed by atoms with Crippen molar-refractivity contribution in [2.45, 2.75) is 12.5 Å². The van der Waals surface area contributed by atoms with E-state index in [0.717, 1.165) is 45.9 Å². The number of ether oxygens (including phenoxy) is 2. The Morgan fingerprint density at radius 1 is 1.43 bits per heavy atom. The molecule has 1 N–H and O–H groups in total. The van der Waals surface area contributed by atoms with Gasteiger partial charge in [0.25, 0.3) is 0 Å². The molecule has 0 spiro atoms. The van der Waals surface area contributed by atoms with E-state index < -0.39 is 0 Å². The maximum absolute atomic E-state index is 5.61. The molecule has 0 aromatic heterocycles. The third kappa shape index (κ3) is 5.54. The fourth-order valence-corrected chi connectivity index (χ4v) is 1.37. The average molecular weight is 202 g/mol. The second-order valence-corrected chi connectivity index (χ2v) is 3.91. The van der Waals surface area contributed by atoms with Crippen molar-refractivity contribution >= 4 is 0 Å². The number of hydrogen-bond donors (Lipinski definition) is 1. The van der Waals surface area contributed by atoms with E-state index in [0.29, 0.717) is 6.10 Å². The number of rotatable bonds is 7. The highest BCUT2D eigenvalue weighted by Crippen LogP contribution is 2.06. The summed E-state index contributed by atoms with van der Waals surface area (Å²) in [6, 6.07) is 0. The van der Waals surface area contributed by atoms with E-state index in [9.17, 15) is 0 Å². The molecule has 0 amide bonds. The number of nitrogens with zero attached hydrogens (tertiary/aromatic N) is 1. The third-order valence-electron chi connectivity index (χ3n) is 2.26. The van der Waals surface area contributed by atoms with Crippen molar-refractivity contribution in [3.8, 4) is 0 Å². The summed E-state index contributed by atoms with van der Waals surface area (Å²) in [5.41, 5.74) is 0. The van der Waals surface area contributed by atoms with Crippen LogP contribution in [0.2, 0.25) is 0 Å². The van der Waals surface area contributed by atoms with Crippen LogP contribution in [-0.4, -0.2) is 64.6 Å². The fraction of sp³-hybridized carbons (Fsp3) is 1.00. The summed E-state index contributed by atoms with van der Waals surface area (Å²) in [4.78, 5) is 2.17. The maximum atomic E-state index is 5.61. The molecule has 84 valence electrons. The third-order valence-corrected chi connectivity index (χ3v) is 2.26. The minimum absolute atomic E-state index is 0.339. The highest BCUT2D eigenvalue weighted by atomic mass is 16.5. The molecule has 0 bridgehead atoms. The molecule has 1 fully saturated rings. The molecule has 1 rings (SSSR count). The highest BCUT2D eigenvalue weighted by molar-refractivity contribution is 4.63. The number of nitrogens with one attached hydrogen (secondary N) is 1. The van der Waals surface area contributed by atoms with Gasteiger partial charge in [0.05, 0.1) is 19.3 Å². The highest BCUT2D eigenvalue weighted by Gasteiger charge is 2.14. The van der Waals surface area contributed by atoms with Gasteiger partial charge in [0.15, 0.2) is 0 Å². The molecule has 1 aliphatic heterocycles. The first-order chi connectivity index (χ1) is 6.79. The van der Waals surface area contributed by atoms with E-state index in [2.05, 4.69) is 24.3 Å². The van der Waals surface area contributed by atoms with Crippen molar-refractivity contribution < 1.29 is 9.47 Å². The van der Waals surface area contributed by atoms with Crippen LogP contribution in [0.15, 0.2) is 0 Å². The molecule has 0 aliphatic carbocycles. The Morgan fingerprint density at radius 3 is 2.93 bits per heavy atom. The molecule has 0 radical (unpaired) electrons.